The van der Waals surface area contributed by atoms with Crippen LogP contribution < -0.4 is 5.56 Å². The van der Waals surface area contributed by atoms with E-state index in [2.05, 4.69) is 9.97 Å². The number of nitrogens with zero attached hydrogens (tertiary/aromatic N) is 1. The first-order valence-corrected chi connectivity index (χ1v) is 4.81. The summed E-state index contributed by atoms with van der Waals surface area (Å²) in [4.78, 5) is 18.7. The van der Waals surface area contributed by atoms with Gasteiger partial charge in [-0.15, -0.1) is 0 Å². The molecule has 76 valence electrons. The lowest BCUT2D eigenvalue weighted by molar-refractivity contribution is 1.03. The van der Waals surface area contributed by atoms with Gasteiger partial charge in [-0.2, -0.15) is 0 Å². The first-order chi connectivity index (χ1) is 7.18. The molecule has 2 aromatic rings. The second-order valence-electron chi connectivity index (χ2n) is 3.49. The Hall–Kier alpha value is -1.90. The van der Waals surface area contributed by atoms with Crippen molar-refractivity contribution in [3.05, 3.63) is 51.9 Å². The van der Waals surface area contributed by atoms with Crippen molar-refractivity contribution in [3.8, 4) is 11.4 Å². The van der Waals surface area contributed by atoms with E-state index in [0.717, 1.165) is 11.3 Å². The topological polar surface area (TPSA) is 45.8 Å². The van der Waals surface area contributed by atoms with Gasteiger partial charge in [0, 0.05) is 16.8 Å². The smallest absolute Gasteiger partial charge is 0.254 e. The molecule has 3 heteroatoms. The van der Waals surface area contributed by atoms with Crippen LogP contribution in [0.1, 0.15) is 11.3 Å². The van der Waals surface area contributed by atoms with Crippen LogP contribution in [-0.4, -0.2) is 9.97 Å². The molecule has 0 saturated carbocycles. The highest BCUT2D eigenvalue weighted by atomic mass is 16.1. The van der Waals surface area contributed by atoms with Crippen molar-refractivity contribution in [1.29, 1.82) is 0 Å². The normalized spacial score (nSPS) is 10.3. The second-order valence-corrected chi connectivity index (χ2v) is 3.49. The lowest BCUT2D eigenvalue weighted by Gasteiger charge is -2.03. The van der Waals surface area contributed by atoms with Crippen molar-refractivity contribution in [2.75, 3.05) is 0 Å². The van der Waals surface area contributed by atoms with Crippen molar-refractivity contribution < 1.29 is 0 Å². The van der Waals surface area contributed by atoms with Crippen LogP contribution in [0, 0.1) is 13.8 Å². The maximum atomic E-state index is 11.5. The summed E-state index contributed by atoms with van der Waals surface area (Å²) in [6.07, 6.45) is 0. The van der Waals surface area contributed by atoms with E-state index < -0.39 is 0 Å². The Morgan fingerprint density at radius 1 is 1.13 bits per heavy atom. The second kappa shape index (κ2) is 3.69. The molecule has 0 aliphatic rings. The number of rotatable bonds is 1. The highest BCUT2D eigenvalue weighted by molar-refractivity contribution is 5.54. The largest absolute Gasteiger partial charge is 0.306 e. The molecule has 0 aliphatic heterocycles. The molecule has 1 N–H and O–H groups in total. The Kier molecular flexibility index (Phi) is 2.37. The maximum absolute atomic E-state index is 11.5. The van der Waals surface area contributed by atoms with Crippen molar-refractivity contribution >= 4 is 0 Å². The summed E-state index contributed by atoms with van der Waals surface area (Å²) in [5, 5.41) is 0. The van der Waals surface area contributed by atoms with E-state index in [9.17, 15) is 4.79 Å². The van der Waals surface area contributed by atoms with E-state index in [1.165, 1.54) is 0 Å². The molecule has 15 heavy (non-hydrogen) atoms. The Morgan fingerprint density at radius 2 is 1.80 bits per heavy atom. The van der Waals surface area contributed by atoms with Crippen LogP contribution in [0.4, 0.5) is 0 Å². The first-order valence-electron chi connectivity index (χ1n) is 4.81. The quantitative estimate of drug-likeness (QED) is 0.765. The van der Waals surface area contributed by atoms with Crippen LogP contribution in [-0.2, 0) is 0 Å². The van der Waals surface area contributed by atoms with Crippen LogP contribution in [0.2, 0.25) is 0 Å². The predicted octanol–water partition coefficient (Wildman–Crippen LogP) is 2.05. The zero-order valence-corrected chi connectivity index (χ0v) is 8.74. The van der Waals surface area contributed by atoms with Crippen molar-refractivity contribution in [1.82, 2.24) is 9.97 Å². The third kappa shape index (κ3) is 1.81. The van der Waals surface area contributed by atoms with Gasteiger partial charge >= 0.3 is 0 Å². The van der Waals surface area contributed by atoms with Crippen LogP contribution >= 0.6 is 0 Å². The fraction of sp³-hybridized carbons (Fsp3) is 0.167. The van der Waals surface area contributed by atoms with Gasteiger partial charge in [0.05, 0.1) is 0 Å². The van der Waals surface area contributed by atoms with E-state index in [1.807, 2.05) is 37.3 Å². The van der Waals surface area contributed by atoms with Crippen molar-refractivity contribution in [3.63, 3.8) is 0 Å². The summed E-state index contributed by atoms with van der Waals surface area (Å²) < 4.78 is 0. The average molecular weight is 200 g/mol. The minimum atomic E-state index is -0.0682. The Morgan fingerprint density at radius 3 is 2.40 bits per heavy atom. The maximum Gasteiger partial charge on any atom is 0.254 e. The molecule has 3 nitrogen and oxygen atoms in total. The van der Waals surface area contributed by atoms with E-state index in [1.54, 1.807) is 6.92 Å². The van der Waals surface area contributed by atoms with E-state index in [-0.39, 0.29) is 5.56 Å². The standard InChI is InChI=1S/C12H12N2O/c1-8-9(2)13-11(14-12(8)15)10-6-4-3-5-7-10/h3-7H,1-2H3,(H,13,14,15). The minimum Gasteiger partial charge on any atom is -0.306 e. The summed E-state index contributed by atoms with van der Waals surface area (Å²) >= 11 is 0. The monoisotopic (exact) mass is 200 g/mol. The van der Waals surface area contributed by atoms with Crippen molar-refractivity contribution in [2.24, 2.45) is 0 Å². The number of nitrogens with one attached hydrogen (secondary N) is 1. The zero-order chi connectivity index (χ0) is 10.8. The first kappa shape index (κ1) is 9.65. The fourth-order valence-electron chi connectivity index (χ4n) is 1.38. The molecule has 0 amide bonds. The highest BCUT2D eigenvalue weighted by Crippen LogP contribution is 2.12. The molecule has 0 spiro atoms. The van der Waals surface area contributed by atoms with E-state index >= 15 is 0 Å². The predicted molar refractivity (Wildman–Crippen MR) is 59.8 cm³/mol. The zero-order valence-electron chi connectivity index (χ0n) is 8.74. The Balaban J connectivity index is 2.61. The lowest BCUT2D eigenvalue weighted by Crippen LogP contribution is -2.14. The molecule has 1 aromatic heterocycles. The average Bonchev–Trinajstić information content (AvgIpc) is 2.26. The van der Waals surface area contributed by atoms with Gasteiger partial charge in [0.25, 0.3) is 5.56 Å². The number of benzene rings is 1. The van der Waals surface area contributed by atoms with Crippen LogP contribution in [0.5, 0.6) is 0 Å². The third-order valence-electron chi connectivity index (χ3n) is 2.44. The summed E-state index contributed by atoms with van der Waals surface area (Å²) in [6, 6.07) is 9.62. The SMILES string of the molecule is Cc1nc(-c2ccccc2)[nH]c(=O)c1C. The van der Waals surface area contributed by atoms with Crippen LogP contribution in [0.15, 0.2) is 35.1 Å². The summed E-state index contributed by atoms with van der Waals surface area (Å²) in [7, 11) is 0. The summed E-state index contributed by atoms with van der Waals surface area (Å²) in [5.41, 5.74) is 2.31. The lowest BCUT2D eigenvalue weighted by atomic mass is 10.2. The van der Waals surface area contributed by atoms with Crippen molar-refractivity contribution in [2.45, 2.75) is 13.8 Å². The van der Waals surface area contributed by atoms with Gasteiger partial charge in [0.15, 0.2) is 0 Å². The molecule has 0 radical (unpaired) electrons. The number of hydrogen-bond donors (Lipinski definition) is 1. The Labute approximate surface area is 87.8 Å². The van der Waals surface area contributed by atoms with Crippen LogP contribution in [0.3, 0.4) is 0 Å². The van der Waals surface area contributed by atoms with Crippen LogP contribution in [0.25, 0.3) is 11.4 Å². The molecule has 0 unspecified atom stereocenters. The molecule has 0 saturated heterocycles. The van der Waals surface area contributed by atoms with Gasteiger partial charge in [-0.3, -0.25) is 4.79 Å². The molecule has 1 aromatic carbocycles. The number of hydrogen-bond acceptors (Lipinski definition) is 2. The van der Waals surface area contributed by atoms with Gasteiger partial charge in [-0.25, -0.2) is 4.98 Å². The van der Waals surface area contributed by atoms with Gasteiger partial charge < -0.3 is 4.98 Å². The number of aromatic amines is 1. The number of aromatic nitrogens is 2. The van der Waals surface area contributed by atoms with Gasteiger partial charge in [0.1, 0.15) is 5.82 Å². The van der Waals surface area contributed by atoms with E-state index in [4.69, 9.17) is 0 Å². The van der Waals surface area contributed by atoms with Gasteiger partial charge in [-0.1, -0.05) is 30.3 Å². The minimum absolute atomic E-state index is 0.0682. The fourth-order valence-corrected chi connectivity index (χ4v) is 1.38. The molecule has 2 rings (SSSR count). The summed E-state index contributed by atoms with van der Waals surface area (Å²) in [6.45, 7) is 3.62. The van der Waals surface area contributed by atoms with E-state index in [0.29, 0.717) is 11.4 Å². The third-order valence-corrected chi connectivity index (χ3v) is 2.44. The molecular formula is C12H12N2O. The van der Waals surface area contributed by atoms with Gasteiger partial charge in [-0.05, 0) is 13.8 Å². The molecule has 1 heterocycles. The Bertz CT molecular complexity index is 529. The highest BCUT2D eigenvalue weighted by Gasteiger charge is 2.04. The molecule has 0 bridgehead atoms. The molecule has 0 fully saturated rings. The number of H-pyrrole nitrogens is 1. The molecular weight excluding hydrogens is 188 g/mol. The summed E-state index contributed by atoms with van der Waals surface area (Å²) in [5.74, 6) is 0.628. The molecule has 0 atom stereocenters. The molecule has 0 aliphatic carbocycles. The number of aryl methyl sites for hydroxylation is 1. The van der Waals surface area contributed by atoms with Gasteiger partial charge in [0.2, 0.25) is 0 Å².